The fraction of sp³-hybridized carbons (Fsp3) is 0.891. The number of rotatable bonds is 55. The van der Waals surface area contributed by atoms with Gasteiger partial charge in [0.05, 0.1) is 25.4 Å². The molecule has 1 aliphatic rings. The highest BCUT2D eigenvalue weighted by atomic mass is 16.7. The molecular formula is C64H121NO8. The number of ether oxygens (including phenoxy) is 2. The summed E-state index contributed by atoms with van der Waals surface area (Å²) in [7, 11) is 0. The predicted molar refractivity (Wildman–Crippen MR) is 309 cm³/mol. The molecule has 9 heteroatoms. The molecule has 0 aromatic heterocycles. The van der Waals surface area contributed by atoms with Gasteiger partial charge in [0.2, 0.25) is 5.91 Å². The molecule has 9 nitrogen and oxygen atoms in total. The van der Waals surface area contributed by atoms with Crippen molar-refractivity contribution in [3.05, 3.63) is 36.5 Å². The second-order valence-electron chi connectivity index (χ2n) is 22.2. The second-order valence-corrected chi connectivity index (χ2v) is 22.2. The normalized spacial score (nSPS) is 19.2. The highest BCUT2D eigenvalue weighted by Crippen LogP contribution is 2.23. The van der Waals surface area contributed by atoms with E-state index >= 15 is 0 Å². The molecule has 73 heavy (non-hydrogen) atoms. The number of unbranched alkanes of at least 4 members (excludes halogenated alkanes) is 39. The molecule has 0 spiro atoms. The fourth-order valence-corrected chi connectivity index (χ4v) is 10.2. The van der Waals surface area contributed by atoms with Gasteiger partial charge in [0, 0.05) is 6.42 Å². The largest absolute Gasteiger partial charge is 0.394 e. The highest BCUT2D eigenvalue weighted by molar-refractivity contribution is 5.76. The zero-order valence-electron chi connectivity index (χ0n) is 47.9. The molecule has 430 valence electrons. The average Bonchev–Trinajstić information content (AvgIpc) is 3.39. The zero-order chi connectivity index (χ0) is 52.9. The Balaban J connectivity index is 2.15. The number of aliphatic hydroxyl groups is 5. The summed E-state index contributed by atoms with van der Waals surface area (Å²) >= 11 is 0. The molecule has 6 N–H and O–H groups in total. The lowest BCUT2D eigenvalue weighted by atomic mass is 9.99. The maximum absolute atomic E-state index is 13.1. The van der Waals surface area contributed by atoms with Crippen molar-refractivity contribution in [1.29, 1.82) is 0 Å². The molecule has 1 rings (SSSR count). The number of hydrogen-bond donors (Lipinski definition) is 6. The van der Waals surface area contributed by atoms with Crippen molar-refractivity contribution < 1.29 is 39.8 Å². The van der Waals surface area contributed by atoms with Crippen molar-refractivity contribution >= 4 is 5.91 Å². The molecule has 1 aliphatic heterocycles. The summed E-state index contributed by atoms with van der Waals surface area (Å²) in [4.78, 5) is 13.1. The third kappa shape index (κ3) is 43.1. The van der Waals surface area contributed by atoms with Crippen LogP contribution < -0.4 is 5.32 Å². The van der Waals surface area contributed by atoms with Gasteiger partial charge in [0.15, 0.2) is 6.29 Å². The van der Waals surface area contributed by atoms with Crippen LogP contribution in [-0.4, -0.2) is 87.5 Å². The Kier molecular flexibility index (Phi) is 51.2. The zero-order valence-corrected chi connectivity index (χ0v) is 47.9. The highest BCUT2D eigenvalue weighted by Gasteiger charge is 2.44. The summed E-state index contributed by atoms with van der Waals surface area (Å²) in [5.74, 6) is -0.141. The molecule has 1 saturated heterocycles. The third-order valence-electron chi connectivity index (χ3n) is 15.2. The van der Waals surface area contributed by atoms with Gasteiger partial charge in [-0.2, -0.15) is 0 Å². The maximum Gasteiger partial charge on any atom is 0.220 e. The standard InChI is InChI=1S/C64H121NO8/c1-3-5-7-9-11-13-15-17-19-21-23-25-26-27-28-29-30-31-32-34-36-38-40-42-44-46-48-50-52-54-60(68)65-57(56-72-64-63(71)62(70)61(69)59(55-66)73-64)58(67)53-51-49-47-45-43-41-39-37-35-33-24-22-20-18-16-14-12-10-8-6-4-2/h15,17,21,23,26-27,57-59,61-64,66-67,69-71H,3-14,16,18-20,22,24-25,28-56H2,1-2H3,(H,65,68)/b17-15-,23-21-,27-26-. The van der Waals surface area contributed by atoms with Gasteiger partial charge in [0.1, 0.15) is 24.4 Å². The molecule has 7 atom stereocenters. The molecule has 0 saturated carbocycles. The predicted octanol–water partition coefficient (Wildman–Crippen LogP) is 16.3. The average molecular weight is 1030 g/mol. The SMILES string of the molecule is CCCCCCC/C=C\C/C=C\C/C=C\CCCCCCCCCCCCCCCCC(=O)NC(COC1OC(CO)C(O)C(O)C1O)C(O)CCCCCCCCCCCCCCCCCCCCCCC. The summed E-state index contributed by atoms with van der Waals surface area (Å²) in [6.45, 7) is 3.87. The molecule has 1 heterocycles. The fourth-order valence-electron chi connectivity index (χ4n) is 10.2. The van der Waals surface area contributed by atoms with Gasteiger partial charge in [-0.3, -0.25) is 4.79 Å². The summed E-state index contributed by atoms with van der Waals surface area (Å²) in [5.41, 5.74) is 0. The molecule has 0 aromatic carbocycles. The van der Waals surface area contributed by atoms with Crippen LogP contribution in [0.5, 0.6) is 0 Å². The lowest BCUT2D eigenvalue weighted by molar-refractivity contribution is -0.302. The van der Waals surface area contributed by atoms with Gasteiger partial charge in [-0.1, -0.05) is 288 Å². The van der Waals surface area contributed by atoms with Crippen molar-refractivity contribution in [2.75, 3.05) is 13.2 Å². The smallest absolute Gasteiger partial charge is 0.220 e. The number of aliphatic hydroxyl groups excluding tert-OH is 5. The summed E-state index contributed by atoms with van der Waals surface area (Å²) in [6.07, 6.45) is 63.2. The summed E-state index contributed by atoms with van der Waals surface area (Å²) in [6, 6.07) is -0.720. The van der Waals surface area contributed by atoms with Gasteiger partial charge in [-0.25, -0.2) is 0 Å². The van der Waals surface area contributed by atoms with Crippen LogP contribution in [0.3, 0.4) is 0 Å². The minimum atomic E-state index is -1.55. The Bertz CT molecular complexity index is 1240. The molecule has 0 aliphatic carbocycles. The molecule has 0 radical (unpaired) electrons. The quantitative estimate of drug-likeness (QED) is 0.0261. The van der Waals surface area contributed by atoms with E-state index in [-0.39, 0.29) is 12.5 Å². The molecule has 0 bridgehead atoms. The van der Waals surface area contributed by atoms with Crippen LogP contribution in [0.2, 0.25) is 0 Å². The first-order chi connectivity index (χ1) is 35.8. The van der Waals surface area contributed by atoms with Crippen molar-refractivity contribution in [2.24, 2.45) is 0 Å². The number of allylic oxidation sites excluding steroid dienone is 6. The van der Waals surface area contributed by atoms with Crippen LogP contribution in [-0.2, 0) is 14.3 Å². The number of carbonyl (C=O) groups is 1. The van der Waals surface area contributed by atoms with E-state index in [0.717, 1.165) is 51.4 Å². The number of amides is 1. The van der Waals surface area contributed by atoms with Crippen LogP contribution >= 0.6 is 0 Å². The van der Waals surface area contributed by atoms with Gasteiger partial charge < -0.3 is 40.3 Å². The lowest BCUT2D eigenvalue weighted by Gasteiger charge is -2.40. The molecular weight excluding hydrogens is 911 g/mol. The molecule has 0 aromatic rings. The van der Waals surface area contributed by atoms with Gasteiger partial charge >= 0.3 is 0 Å². The maximum atomic E-state index is 13.1. The topological polar surface area (TPSA) is 149 Å². The Labute approximate surface area is 451 Å². The van der Waals surface area contributed by atoms with E-state index in [9.17, 15) is 30.3 Å². The van der Waals surface area contributed by atoms with Gasteiger partial charge in [-0.05, 0) is 51.4 Å². The van der Waals surface area contributed by atoms with Crippen molar-refractivity contribution in [3.8, 4) is 0 Å². The van der Waals surface area contributed by atoms with Crippen LogP contribution in [0.25, 0.3) is 0 Å². The molecule has 1 fully saturated rings. The summed E-state index contributed by atoms with van der Waals surface area (Å²) < 4.78 is 11.3. The van der Waals surface area contributed by atoms with Crippen molar-refractivity contribution in [3.63, 3.8) is 0 Å². The van der Waals surface area contributed by atoms with Gasteiger partial charge in [-0.15, -0.1) is 0 Å². The van der Waals surface area contributed by atoms with E-state index in [0.29, 0.717) is 12.8 Å². The Morgan fingerprint density at radius 3 is 1.19 bits per heavy atom. The third-order valence-corrected chi connectivity index (χ3v) is 15.2. The van der Waals surface area contributed by atoms with E-state index in [2.05, 4.69) is 55.6 Å². The first-order valence-electron chi connectivity index (χ1n) is 31.7. The van der Waals surface area contributed by atoms with E-state index in [4.69, 9.17) is 9.47 Å². The number of nitrogens with one attached hydrogen (secondary N) is 1. The van der Waals surface area contributed by atoms with Crippen LogP contribution in [0.4, 0.5) is 0 Å². The van der Waals surface area contributed by atoms with E-state index < -0.39 is 49.5 Å². The Hall–Kier alpha value is -1.59. The Morgan fingerprint density at radius 2 is 0.808 bits per heavy atom. The monoisotopic (exact) mass is 1030 g/mol. The van der Waals surface area contributed by atoms with E-state index in [1.807, 2.05) is 0 Å². The number of carbonyl (C=O) groups excluding carboxylic acids is 1. The minimum absolute atomic E-state index is 0.136. The minimum Gasteiger partial charge on any atom is -0.394 e. The number of hydrogen-bond acceptors (Lipinski definition) is 8. The first-order valence-corrected chi connectivity index (χ1v) is 31.7. The lowest BCUT2D eigenvalue weighted by Crippen LogP contribution is -2.60. The summed E-state index contributed by atoms with van der Waals surface area (Å²) in [5, 5.41) is 54.8. The van der Waals surface area contributed by atoms with E-state index in [1.165, 1.54) is 231 Å². The Morgan fingerprint density at radius 1 is 0.466 bits per heavy atom. The molecule has 7 unspecified atom stereocenters. The van der Waals surface area contributed by atoms with Gasteiger partial charge in [0.25, 0.3) is 0 Å². The second kappa shape index (κ2) is 53.8. The van der Waals surface area contributed by atoms with Crippen LogP contribution in [0, 0.1) is 0 Å². The van der Waals surface area contributed by atoms with Crippen molar-refractivity contribution in [2.45, 2.75) is 352 Å². The van der Waals surface area contributed by atoms with Crippen LogP contribution in [0.1, 0.15) is 309 Å². The van der Waals surface area contributed by atoms with Crippen molar-refractivity contribution in [1.82, 2.24) is 5.32 Å². The van der Waals surface area contributed by atoms with E-state index in [1.54, 1.807) is 0 Å². The first kappa shape index (κ1) is 69.4. The molecule has 1 amide bonds. The van der Waals surface area contributed by atoms with Crippen LogP contribution in [0.15, 0.2) is 36.5 Å².